The molecule has 1 rings (SSSR count). The van der Waals surface area contributed by atoms with E-state index < -0.39 is 11.5 Å². The van der Waals surface area contributed by atoms with Crippen molar-refractivity contribution in [2.45, 2.75) is 83.8 Å². The maximum atomic E-state index is 11.5. The maximum absolute atomic E-state index is 11.5. The van der Waals surface area contributed by atoms with E-state index in [-0.39, 0.29) is 0 Å². The molecule has 2 N–H and O–H groups in total. The SMILES string of the molecule is CCNC(CC)(CCCOC1CCCC(CC)C1)C(=O)O. The standard InChI is InChI=1S/C17H33NO3/c1-4-14-9-7-10-15(13-14)21-12-8-11-17(5-2,16(19)20)18-6-3/h14-15,18H,4-13H2,1-3H3,(H,19,20). The lowest BCUT2D eigenvalue weighted by atomic mass is 9.85. The number of carboxylic acid groups (broad SMARTS) is 1. The fourth-order valence-corrected chi connectivity index (χ4v) is 3.45. The second kappa shape index (κ2) is 9.42. The first-order valence-electron chi connectivity index (χ1n) is 8.68. The second-order valence-electron chi connectivity index (χ2n) is 6.31. The predicted molar refractivity (Wildman–Crippen MR) is 85.6 cm³/mol. The summed E-state index contributed by atoms with van der Waals surface area (Å²) in [6.07, 6.45) is 8.66. The number of aliphatic carboxylic acids is 1. The number of ether oxygens (including phenoxy) is 1. The van der Waals surface area contributed by atoms with Gasteiger partial charge in [0.1, 0.15) is 5.54 Å². The van der Waals surface area contributed by atoms with Gasteiger partial charge in [0.05, 0.1) is 6.10 Å². The van der Waals surface area contributed by atoms with E-state index in [1.807, 2.05) is 13.8 Å². The molecule has 0 aromatic rings. The molecule has 21 heavy (non-hydrogen) atoms. The first-order chi connectivity index (χ1) is 10.1. The number of nitrogens with one attached hydrogen (secondary N) is 1. The van der Waals surface area contributed by atoms with Gasteiger partial charge in [-0.2, -0.15) is 0 Å². The Morgan fingerprint density at radius 1 is 1.33 bits per heavy atom. The van der Waals surface area contributed by atoms with Crippen LogP contribution in [-0.2, 0) is 9.53 Å². The van der Waals surface area contributed by atoms with E-state index in [1.165, 1.54) is 32.1 Å². The van der Waals surface area contributed by atoms with Gasteiger partial charge in [-0.05, 0) is 44.6 Å². The van der Waals surface area contributed by atoms with Crippen molar-refractivity contribution in [3.05, 3.63) is 0 Å². The van der Waals surface area contributed by atoms with Crippen molar-refractivity contribution < 1.29 is 14.6 Å². The van der Waals surface area contributed by atoms with Crippen LogP contribution in [0.4, 0.5) is 0 Å². The zero-order chi connectivity index (χ0) is 15.7. The molecule has 124 valence electrons. The van der Waals surface area contributed by atoms with E-state index in [4.69, 9.17) is 4.74 Å². The molecular weight excluding hydrogens is 266 g/mol. The van der Waals surface area contributed by atoms with Gasteiger partial charge in [0.15, 0.2) is 0 Å². The fourth-order valence-electron chi connectivity index (χ4n) is 3.45. The van der Waals surface area contributed by atoms with E-state index >= 15 is 0 Å². The van der Waals surface area contributed by atoms with Crippen molar-refractivity contribution in [3.63, 3.8) is 0 Å². The smallest absolute Gasteiger partial charge is 0.323 e. The van der Waals surface area contributed by atoms with Crippen molar-refractivity contribution in [1.29, 1.82) is 0 Å². The summed E-state index contributed by atoms with van der Waals surface area (Å²) in [6.45, 7) is 7.51. The molecule has 0 spiro atoms. The molecule has 0 saturated heterocycles. The molecule has 0 aromatic heterocycles. The zero-order valence-corrected chi connectivity index (χ0v) is 14.0. The van der Waals surface area contributed by atoms with Gasteiger partial charge < -0.3 is 15.2 Å². The molecule has 1 fully saturated rings. The minimum absolute atomic E-state index is 0.392. The Balaban J connectivity index is 2.32. The average molecular weight is 299 g/mol. The number of carboxylic acids is 1. The van der Waals surface area contributed by atoms with Gasteiger partial charge >= 0.3 is 5.97 Å². The molecule has 0 heterocycles. The molecular formula is C17H33NO3. The molecule has 4 heteroatoms. The fraction of sp³-hybridized carbons (Fsp3) is 0.941. The normalized spacial score (nSPS) is 25.5. The number of hydrogen-bond donors (Lipinski definition) is 2. The Morgan fingerprint density at radius 2 is 2.10 bits per heavy atom. The molecule has 0 radical (unpaired) electrons. The highest BCUT2D eigenvalue weighted by Gasteiger charge is 2.35. The lowest BCUT2D eigenvalue weighted by Gasteiger charge is -2.31. The maximum Gasteiger partial charge on any atom is 0.323 e. The highest BCUT2D eigenvalue weighted by molar-refractivity contribution is 5.78. The van der Waals surface area contributed by atoms with E-state index in [0.29, 0.717) is 32.1 Å². The third kappa shape index (κ3) is 5.59. The molecule has 1 aliphatic rings. The minimum Gasteiger partial charge on any atom is -0.480 e. The third-order valence-corrected chi connectivity index (χ3v) is 4.94. The molecule has 3 unspecified atom stereocenters. The van der Waals surface area contributed by atoms with Crippen LogP contribution in [0.2, 0.25) is 0 Å². The van der Waals surface area contributed by atoms with Gasteiger partial charge in [0.2, 0.25) is 0 Å². The molecule has 4 nitrogen and oxygen atoms in total. The average Bonchev–Trinajstić information content (AvgIpc) is 2.50. The lowest BCUT2D eigenvalue weighted by Crippen LogP contribution is -2.51. The Morgan fingerprint density at radius 3 is 2.67 bits per heavy atom. The monoisotopic (exact) mass is 299 g/mol. The lowest BCUT2D eigenvalue weighted by molar-refractivity contribution is -0.145. The van der Waals surface area contributed by atoms with Crippen molar-refractivity contribution in [2.75, 3.05) is 13.2 Å². The molecule has 3 atom stereocenters. The number of carbonyl (C=O) groups is 1. The molecule has 0 amide bonds. The van der Waals surface area contributed by atoms with E-state index in [0.717, 1.165) is 12.3 Å². The molecule has 1 aliphatic carbocycles. The molecule has 0 aromatic carbocycles. The topological polar surface area (TPSA) is 58.6 Å². The van der Waals surface area contributed by atoms with Gasteiger partial charge in [-0.25, -0.2) is 0 Å². The highest BCUT2D eigenvalue weighted by Crippen LogP contribution is 2.28. The van der Waals surface area contributed by atoms with Crippen LogP contribution in [0.25, 0.3) is 0 Å². The van der Waals surface area contributed by atoms with Crippen LogP contribution in [0.5, 0.6) is 0 Å². The summed E-state index contributed by atoms with van der Waals surface area (Å²) in [5.74, 6) is 0.0785. The Bertz CT molecular complexity index is 308. The summed E-state index contributed by atoms with van der Waals surface area (Å²) < 4.78 is 5.99. The number of likely N-dealkylation sites (N-methyl/N-ethyl adjacent to an activating group) is 1. The minimum atomic E-state index is -0.781. The van der Waals surface area contributed by atoms with Crippen molar-refractivity contribution in [3.8, 4) is 0 Å². The van der Waals surface area contributed by atoms with Crippen molar-refractivity contribution in [2.24, 2.45) is 5.92 Å². The summed E-state index contributed by atoms with van der Waals surface area (Å²) in [7, 11) is 0. The van der Waals surface area contributed by atoms with Crippen LogP contribution in [0.3, 0.4) is 0 Å². The largest absolute Gasteiger partial charge is 0.480 e. The van der Waals surface area contributed by atoms with Gasteiger partial charge in [0.25, 0.3) is 0 Å². The summed E-state index contributed by atoms with van der Waals surface area (Å²) in [6, 6.07) is 0. The number of rotatable bonds is 10. The second-order valence-corrected chi connectivity index (χ2v) is 6.31. The van der Waals surface area contributed by atoms with Crippen molar-refractivity contribution >= 4 is 5.97 Å². The van der Waals surface area contributed by atoms with Crippen LogP contribution >= 0.6 is 0 Å². The third-order valence-electron chi connectivity index (χ3n) is 4.94. The van der Waals surface area contributed by atoms with Gasteiger partial charge in [-0.15, -0.1) is 0 Å². The van der Waals surface area contributed by atoms with Gasteiger partial charge in [0, 0.05) is 6.61 Å². The summed E-state index contributed by atoms with van der Waals surface area (Å²) in [5, 5.41) is 12.6. The summed E-state index contributed by atoms with van der Waals surface area (Å²) in [4.78, 5) is 11.5. The molecule has 1 saturated carbocycles. The van der Waals surface area contributed by atoms with Crippen LogP contribution in [-0.4, -0.2) is 35.9 Å². The molecule has 0 bridgehead atoms. The zero-order valence-electron chi connectivity index (χ0n) is 14.0. The summed E-state index contributed by atoms with van der Waals surface area (Å²) in [5.41, 5.74) is -0.781. The Labute approximate surface area is 129 Å². The van der Waals surface area contributed by atoms with E-state index in [1.54, 1.807) is 0 Å². The van der Waals surface area contributed by atoms with Crippen LogP contribution in [0, 0.1) is 5.92 Å². The van der Waals surface area contributed by atoms with Crippen LogP contribution < -0.4 is 5.32 Å². The van der Waals surface area contributed by atoms with E-state index in [2.05, 4.69) is 12.2 Å². The van der Waals surface area contributed by atoms with Crippen LogP contribution in [0.1, 0.15) is 72.1 Å². The Kier molecular flexibility index (Phi) is 8.27. The first-order valence-corrected chi connectivity index (χ1v) is 8.68. The number of hydrogen-bond acceptors (Lipinski definition) is 3. The highest BCUT2D eigenvalue weighted by atomic mass is 16.5. The van der Waals surface area contributed by atoms with Gasteiger partial charge in [-0.1, -0.05) is 40.0 Å². The molecule has 0 aliphatic heterocycles. The van der Waals surface area contributed by atoms with Crippen molar-refractivity contribution in [1.82, 2.24) is 5.32 Å². The first kappa shape index (κ1) is 18.4. The van der Waals surface area contributed by atoms with E-state index in [9.17, 15) is 9.90 Å². The van der Waals surface area contributed by atoms with Gasteiger partial charge in [-0.3, -0.25) is 4.79 Å². The predicted octanol–water partition coefficient (Wildman–Crippen LogP) is 3.59. The quantitative estimate of drug-likeness (QED) is 0.605. The Hall–Kier alpha value is -0.610. The van der Waals surface area contributed by atoms with Crippen LogP contribution in [0.15, 0.2) is 0 Å². The summed E-state index contributed by atoms with van der Waals surface area (Å²) >= 11 is 0.